The van der Waals surface area contributed by atoms with Gasteiger partial charge < -0.3 is 5.73 Å². The van der Waals surface area contributed by atoms with Crippen LogP contribution in [0.3, 0.4) is 0 Å². The molecule has 0 saturated heterocycles. The van der Waals surface area contributed by atoms with Gasteiger partial charge in [0.1, 0.15) is 0 Å². The van der Waals surface area contributed by atoms with Crippen molar-refractivity contribution in [3.63, 3.8) is 0 Å². The Balaban J connectivity index is 1.90. The molecular weight excluding hydrogens is 220 g/mol. The topological polar surface area (TPSA) is 59.6 Å². The molecule has 1 saturated carbocycles. The van der Waals surface area contributed by atoms with Gasteiger partial charge in [-0.15, -0.1) is 5.10 Å². The lowest BCUT2D eigenvalue weighted by molar-refractivity contribution is 0.261. The molecule has 0 bridgehead atoms. The Labute approximate surface area is 101 Å². The second-order valence-corrected chi connectivity index (χ2v) is 5.35. The highest BCUT2D eigenvalue weighted by molar-refractivity contribution is 7.71. The maximum absolute atomic E-state index is 5.74. The molecular formula is C11H20N4S. The third-order valence-electron chi connectivity index (χ3n) is 3.59. The van der Waals surface area contributed by atoms with Crippen molar-refractivity contribution in [1.82, 2.24) is 14.8 Å². The summed E-state index contributed by atoms with van der Waals surface area (Å²) in [4.78, 5) is 0. The molecule has 3 N–H and O–H groups in total. The summed E-state index contributed by atoms with van der Waals surface area (Å²) >= 11 is 5.13. The molecule has 1 fully saturated rings. The number of anilines is 1. The zero-order valence-electron chi connectivity index (χ0n) is 9.78. The number of aromatic nitrogens is 3. The van der Waals surface area contributed by atoms with E-state index in [2.05, 4.69) is 17.1 Å². The van der Waals surface area contributed by atoms with E-state index in [0.29, 0.717) is 10.7 Å². The van der Waals surface area contributed by atoms with Gasteiger partial charge in [-0.1, -0.05) is 26.2 Å². The van der Waals surface area contributed by atoms with Crippen LogP contribution in [0.4, 0.5) is 5.95 Å². The fourth-order valence-corrected chi connectivity index (χ4v) is 2.91. The monoisotopic (exact) mass is 240 g/mol. The first-order chi connectivity index (χ1) is 7.66. The molecule has 0 amide bonds. The van der Waals surface area contributed by atoms with E-state index in [1.807, 2.05) is 4.57 Å². The maximum Gasteiger partial charge on any atom is 0.220 e. The van der Waals surface area contributed by atoms with E-state index in [1.54, 1.807) is 0 Å². The Hall–Kier alpha value is -0.840. The average molecular weight is 240 g/mol. The van der Waals surface area contributed by atoms with E-state index in [1.165, 1.54) is 32.1 Å². The molecule has 1 heterocycles. The third-order valence-corrected chi connectivity index (χ3v) is 3.91. The van der Waals surface area contributed by atoms with Crippen LogP contribution < -0.4 is 5.73 Å². The highest BCUT2D eigenvalue weighted by Crippen LogP contribution is 2.31. The van der Waals surface area contributed by atoms with Crippen LogP contribution in [0, 0.1) is 16.6 Å². The molecule has 0 radical (unpaired) electrons. The van der Waals surface area contributed by atoms with Gasteiger partial charge in [0, 0.05) is 6.54 Å². The molecule has 0 spiro atoms. The van der Waals surface area contributed by atoms with Crippen molar-refractivity contribution in [2.75, 3.05) is 5.73 Å². The van der Waals surface area contributed by atoms with Gasteiger partial charge in [-0.05, 0) is 36.9 Å². The molecule has 2 rings (SSSR count). The Morgan fingerprint density at radius 1 is 1.56 bits per heavy atom. The molecule has 0 aliphatic heterocycles. The van der Waals surface area contributed by atoms with E-state index in [-0.39, 0.29) is 0 Å². The third kappa shape index (κ3) is 2.64. The van der Waals surface area contributed by atoms with Crippen LogP contribution in [-0.4, -0.2) is 14.8 Å². The fraction of sp³-hybridized carbons (Fsp3) is 0.818. The van der Waals surface area contributed by atoms with Crippen LogP contribution in [-0.2, 0) is 6.54 Å². The first-order valence-corrected chi connectivity index (χ1v) is 6.48. The number of nitrogens with zero attached hydrogens (tertiary/aromatic N) is 2. The predicted molar refractivity (Wildman–Crippen MR) is 67.6 cm³/mol. The number of hydrogen-bond acceptors (Lipinski definition) is 3. The van der Waals surface area contributed by atoms with Gasteiger partial charge in [-0.2, -0.15) is 0 Å². The molecule has 1 aliphatic rings. The Morgan fingerprint density at radius 3 is 3.00 bits per heavy atom. The molecule has 16 heavy (non-hydrogen) atoms. The number of nitrogens with one attached hydrogen (secondary N) is 1. The minimum atomic E-state index is 0.508. The predicted octanol–water partition coefficient (Wildman–Crippen LogP) is 2.74. The SMILES string of the molecule is CC1CCCC(CCn2c(N)n[nH]c2=S)C1. The van der Waals surface area contributed by atoms with Crippen molar-refractivity contribution in [2.45, 2.75) is 45.6 Å². The van der Waals surface area contributed by atoms with Gasteiger partial charge in [0.05, 0.1) is 0 Å². The summed E-state index contributed by atoms with van der Waals surface area (Å²) in [6.07, 6.45) is 6.64. The number of H-pyrrole nitrogens is 1. The lowest BCUT2D eigenvalue weighted by Crippen LogP contribution is -2.16. The molecule has 1 aliphatic carbocycles. The van der Waals surface area contributed by atoms with Crippen LogP contribution in [0.1, 0.15) is 39.0 Å². The van der Waals surface area contributed by atoms with Gasteiger partial charge >= 0.3 is 0 Å². The van der Waals surface area contributed by atoms with E-state index < -0.39 is 0 Å². The summed E-state index contributed by atoms with van der Waals surface area (Å²) in [7, 11) is 0. The lowest BCUT2D eigenvalue weighted by Gasteiger charge is -2.26. The van der Waals surface area contributed by atoms with Gasteiger partial charge in [0.15, 0.2) is 4.77 Å². The molecule has 1 aromatic rings. The van der Waals surface area contributed by atoms with Crippen molar-refractivity contribution < 1.29 is 0 Å². The van der Waals surface area contributed by atoms with Crippen molar-refractivity contribution in [3.05, 3.63) is 4.77 Å². The zero-order valence-corrected chi connectivity index (χ0v) is 10.6. The Bertz CT molecular complexity index is 395. The standard InChI is InChI=1S/C11H20N4S/c1-8-3-2-4-9(7-8)5-6-15-10(12)13-14-11(15)16/h8-9H,2-7H2,1H3,(H2,12,13)(H,14,16). The van der Waals surface area contributed by atoms with Gasteiger partial charge in [-0.3, -0.25) is 4.57 Å². The summed E-state index contributed by atoms with van der Waals surface area (Å²) in [5, 5.41) is 6.64. The van der Waals surface area contributed by atoms with Crippen LogP contribution >= 0.6 is 12.2 Å². The van der Waals surface area contributed by atoms with Crippen LogP contribution in [0.5, 0.6) is 0 Å². The van der Waals surface area contributed by atoms with Gasteiger partial charge in [0.2, 0.25) is 5.95 Å². The average Bonchev–Trinajstić information content (AvgIpc) is 2.56. The first-order valence-electron chi connectivity index (χ1n) is 6.07. The Morgan fingerprint density at radius 2 is 2.38 bits per heavy atom. The quantitative estimate of drug-likeness (QED) is 0.799. The first kappa shape index (κ1) is 11.6. The minimum absolute atomic E-state index is 0.508. The normalized spacial score (nSPS) is 25.8. The van der Waals surface area contributed by atoms with Crippen molar-refractivity contribution in [3.8, 4) is 0 Å². The number of nitrogen functional groups attached to an aromatic ring is 1. The molecule has 1 aromatic heterocycles. The molecule has 4 nitrogen and oxygen atoms in total. The van der Waals surface area contributed by atoms with Gasteiger partial charge in [0.25, 0.3) is 0 Å². The summed E-state index contributed by atoms with van der Waals surface area (Å²) in [6.45, 7) is 3.25. The zero-order chi connectivity index (χ0) is 11.5. The number of rotatable bonds is 3. The van der Waals surface area contributed by atoms with E-state index in [9.17, 15) is 0 Å². The largest absolute Gasteiger partial charge is 0.368 e. The Kier molecular flexibility index (Phi) is 3.63. The second-order valence-electron chi connectivity index (χ2n) is 4.97. The molecule has 5 heteroatoms. The molecule has 0 aromatic carbocycles. The van der Waals surface area contributed by atoms with Crippen LogP contribution in [0.15, 0.2) is 0 Å². The minimum Gasteiger partial charge on any atom is -0.368 e. The summed E-state index contributed by atoms with van der Waals surface area (Å²) in [5.41, 5.74) is 5.74. The van der Waals surface area contributed by atoms with Crippen LogP contribution in [0.2, 0.25) is 0 Å². The number of aromatic amines is 1. The summed E-state index contributed by atoms with van der Waals surface area (Å²) < 4.78 is 2.54. The second kappa shape index (κ2) is 4.99. The van der Waals surface area contributed by atoms with E-state index in [4.69, 9.17) is 18.0 Å². The maximum atomic E-state index is 5.74. The number of nitrogens with two attached hydrogens (primary N) is 1. The highest BCUT2D eigenvalue weighted by Gasteiger charge is 2.18. The smallest absolute Gasteiger partial charge is 0.220 e. The highest BCUT2D eigenvalue weighted by atomic mass is 32.1. The molecule has 2 unspecified atom stereocenters. The van der Waals surface area contributed by atoms with Crippen molar-refractivity contribution in [2.24, 2.45) is 11.8 Å². The van der Waals surface area contributed by atoms with E-state index >= 15 is 0 Å². The van der Waals surface area contributed by atoms with Gasteiger partial charge in [-0.25, -0.2) is 5.10 Å². The number of hydrogen-bond donors (Lipinski definition) is 2. The fourth-order valence-electron chi connectivity index (χ4n) is 2.68. The molecule has 90 valence electrons. The van der Waals surface area contributed by atoms with Crippen LogP contribution in [0.25, 0.3) is 0 Å². The molecule has 2 atom stereocenters. The summed E-state index contributed by atoms with van der Waals surface area (Å²) in [5.74, 6) is 2.22. The lowest BCUT2D eigenvalue weighted by atomic mass is 9.81. The van der Waals surface area contributed by atoms with E-state index in [0.717, 1.165) is 18.4 Å². The van der Waals surface area contributed by atoms with Crippen molar-refractivity contribution >= 4 is 18.2 Å². The van der Waals surface area contributed by atoms with Crippen molar-refractivity contribution in [1.29, 1.82) is 0 Å². The summed E-state index contributed by atoms with van der Waals surface area (Å²) in [6, 6.07) is 0.